The maximum absolute atomic E-state index is 12.2. The summed E-state index contributed by atoms with van der Waals surface area (Å²) in [4.78, 5) is 14.1. The van der Waals surface area contributed by atoms with Gasteiger partial charge in [0, 0.05) is 24.7 Å². The van der Waals surface area contributed by atoms with E-state index in [1.165, 1.54) is 6.42 Å². The Kier molecular flexibility index (Phi) is 6.05. The summed E-state index contributed by atoms with van der Waals surface area (Å²) in [6.45, 7) is 2.28. The Morgan fingerprint density at radius 2 is 2.40 bits per heavy atom. The van der Waals surface area contributed by atoms with E-state index in [0.29, 0.717) is 17.5 Å². The monoisotopic (exact) mass is 312 g/mol. The van der Waals surface area contributed by atoms with Crippen LogP contribution in [0.3, 0.4) is 0 Å². The van der Waals surface area contributed by atoms with Gasteiger partial charge >= 0.3 is 6.03 Å². The van der Waals surface area contributed by atoms with E-state index < -0.39 is 0 Å². The largest absolute Gasteiger partial charge is 0.334 e. The van der Waals surface area contributed by atoms with Crippen molar-refractivity contribution in [1.82, 2.24) is 10.2 Å². The molecule has 1 heterocycles. The minimum absolute atomic E-state index is 0.0378. The van der Waals surface area contributed by atoms with E-state index >= 15 is 0 Å². The molecule has 1 aliphatic rings. The van der Waals surface area contributed by atoms with Gasteiger partial charge in [-0.25, -0.2) is 4.79 Å². The Hall–Kier alpha value is -0.870. The molecule has 0 unspecified atom stereocenters. The van der Waals surface area contributed by atoms with Crippen LogP contribution < -0.4 is 5.32 Å². The third kappa shape index (κ3) is 4.60. The highest BCUT2D eigenvalue weighted by Gasteiger charge is 2.22. The Bertz CT molecular complexity index is 453. The average molecular weight is 313 g/mol. The highest BCUT2D eigenvalue weighted by molar-refractivity contribution is 7.98. The molecule has 110 valence electrons. The van der Waals surface area contributed by atoms with Gasteiger partial charge in [-0.1, -0.05) is 23.7 Å². The third-order valence-electron chi connectivity index (χ3n) is 3.54. The first kappa shape index (κ1) is 15.5. The van der Waals surface area contributed by atoms with Crippen LogP contribution in [0.2, 0.25) is 5.02 Å². The van der Waals surface area contributed by atoms with Crippen LogP contribution in [0.15, 0.2) is 24.3 Å². The van der Waals surface area contributed by atoms with Gasteiger partial charge in [-0.3, -0.25) is 0 Å². The van der Waals surface area contributed by atoms with Gasteiger partial charge in [0.1, 0.15) is 0 Å². The van der Waals surface area contributed by atoms with Gasteiger partial charge in [-0.05, 0) is 48.5 Å². The SMILES string of the molecule is CSC[C@H]1CCCN(C(=O)NCc2cccc(Cl)c2)C1. The maximum Gasteiger partial charge on any atom is 0.317 e. The first-order chi connectivity index (χ1) is 9.69. The number of hydrogen-bond acceptors (Lipinski definition) is 2. The van der Waals surface area contributed by atoms with Gasteiger partial charge in [-0.2, -0.15) is 11.8 Å². The maximum atomic E-state index is 12.2. The highest BCUT2D eigenvalue weighted by Crippen LogP contribution is 2.19. The minimum atomic E-state index is 0.0378. The Balaban J connectivity index is 1.82. The summed E-state index contributed by atoms with van der Waals surface area (Å²) in [5.74, 6) is 1.77. The molecule has 0 aromatic heterocycles. The summed E-state index contributed by atoms with van der Waals surface area (Å²) in [6, 6.07) is 7.63. The lowest BCUT2D eigenvalue weighted by Gasteiger charge is -2.32. The predicted octanol–water partition coefficient (Wildman–Crippen LogP) is 3.62. The van der Waals surface area contributed by atoms with Crippen LogP contribution in [0.5, 0.6) is 0 Å². The van der Waals surface area contributed by atoms with E-state index in [-0.39, 0.29) is 6.03 Å². The van der Waals surface area contributed by atoms with Crippen molar-refractivity contribution in [3.8, 4) is 0 Å². The zero-order valence-corrected chi connectivity index (χ0v) is 13.3. The number of rotatable bonds is 4. The van der Waals surface area contributed by atoms with Crippen molar-refractivity contribution >= 4 is 29.4 Å². The summed E-state index contributed by atoms with van der Waals surface area (Å²) in [5, 5.41) is 3.68. The molecule has 0 saturated carbocycles. The number of amides is 2. The molecular formula is C15H21ClN2OS. The van der Waals surface area contributed by atoms with Gasteiger partial charge in [0.15, 0.2) is 0 Å². The van der Waals surface area contributed by atoms with Gasteiger partial charge in [-0.15, -0.1) is 0 Å². The second-order valence-corrected chi connectivity index (χ2v) is 6.55. The number of likely N-dealkylation sites (tertiary alicyclic amines) is 1. The van der Waals surface area contributed by atoms with Crippen molar-refractivity contribution in [2.45, 2.75) is 19.4 Å². The van der Waals surface area contributed by atoms with Crippen LogP contribution >= 0.6 is 23.4 Å². The van der Waals surface area contributed by atoms with Crippen LogP contribution in [0.4, 0.5) is 4.79 Å². The molecule has 0 aliphatic carbocycles. The summed E-state index contributed by atoms with van der Waals surface area (Å²) >= 11 is 7.80. The molecule has 0 spiro atoms. The van der Waals surface area contributed by atoms with Crippen LogP contribution in [0, 0.1) is 5.92 Å². The van der Waals surface area contributed by atoms with E-state index in [4.69, 9.17) is 11.6 Å². The van der Waals surface area contributed by atoms with Crippen molar-refractivity contribution in [1.29, 1.82) is 0 Å². The van der Waals surface area contributed by atoms with Crippen LogP contribution in [-0.4, -0.2) is 36.0 Å². The third-order valence-corrected chi connectivity index (χ3v) is 4.58. The Morgan fingerprint density at radius 1 is 1.55 bits per heavy atom. The number of nitrogens with one attached hydrogen (secondary N) is 1. The molecule has 1 aliphatic heterocycles. The van der Waals surface area contributed by atoms with Gasteiger partial charge in [0.25, 0.3) is 0 Å². The van der Waals surface area contributed by atoms with Gasteiger partial charge in [0.2, 0.25) is 0 Å². The molecule has 0 radical (unpaired) electrons. The zero-order valence-electron chi connectivity index (χ0n) is 11.8. The van der Waals surface area contributed by atoms with E-state index in [9.17, 15) is 4.79 Å². The number of nitrogens with zero attached hydrogens (tertiary/aromatic N) is 1. The average Bonchev–Trinajstić information content (AvgIpc) is 2.45. The normalized spacial score (nSPS) is 18.9. The minimum Gasteiger partial charge on any atom is -0.334 e. The summed E-state index contributed by atoms with van der Waals surface area (Å²) in [5.41, 5.74) is 1.03. The number of thioether (sulfide) groups is 1. The van der Waals surface area contributed by atoms with Gasteiger partial charge in [0.05, 0.1) is 0 Å². The fraction of sp³-hybridized carbons (Fsp3) is 0.533. The van der Waals surface area contributed by atoms with Crippen molar-refractivity contribution in [3.63, 3.8) is 0 Å². The molecule has 1 aromatic rings. The number of benzene rings is 1. The lowest BCUT2D eigenvalue weighted by molar-refractivity contribution is 0.170. The first-order valence-electron chi connectivity index (χ1n) is 6.95. The van der Waals surface area contributed by atoms with E-state index in [2.05, 4.69) is 11.6 Å². The van der Waals surface area contributed by atoms with Crippen molar-refractivity contribution in [3.05, 3.63) is 34.9 Å². The summed E-state index contributed by atoms with van der Waals surface area (Å²) < 4.78 is 0. The fourth-order valence-corrected chi connectivity index (χ4v) is 3.51. The highest BCUT2D eigenvalue weighted by atomic mass is 35.5. The second-order valence-electron chi connectivity index (χ2n) is 5.20. The molecule has 1 saturated heterocycles. The molecule has 1 fully saturated rings. The fourth-order valence-electron chi connectivity index (χ4n) is 2.56. The molecular weight excluding hydrogens is 292 g/mol. The summed E-state index contributed by atoms with van der Waals surface area (Å²) in [6.07, 6.45) is 4.47. The standard InChI is InChI=1S/C15H21ClN2OS/c1-20-11-13-5-3-7-18(10-13)15(19)17-9-12-4-2-6-14(16)8-12/h2,4,6,8,13H,3,5,7,9-11H2,1H3,(H,17,19)/t13-/m0/s1. The Labute approximate surface area is 130 Å². The number of urea groups is 1. The molecule has 3 nitrogen and oxygen atoms in total. The number of carbonyl (C=O) groups is 1. The molecule has 20 heavy (non-hydrogen) atoms. The number of carbonyl (C=O) groups excluding carboxylic acids is 1. The Morgan fingerprint density at radius 3 is 3.15 bits per heavy atom. The molecule has 1 N–H and O–H groups in total. The topological polar surface area (TPSA) is 32.3 Å². The molecule has 2 amide bonds. The van der Waals surface area contributed by atoms with Crippen LogP contribution in [0.1, 0.15) is 18.4 Å². The van der Waals surface area contributed by atoms with Crippen LogP contribution in [0.25, 0.3) is 0 Å². The van der Waals surface area contributed by atoms with E-state index in [0.717, 1.165) is 30.8 Å². The van der Waals surface area contributed by atoms with Crippen molar-refractivity contribution < 1.29 is 4.79 Å². The molecule has 1 aromatic carbocycles. The molecule has 0 bridgehead atoms. The number of piperidine rings is 1. The number of hydrogen-bond donors (Lipinski definition) is 1. The van der Waals surface area contributed by atoms with E-state index in [1.807, 2.05) is 40.9 Å². The predicted molar refractivity (Wildman–Crippen MR) is 86.4 cm³/mol. The molecule has 2 rings (SSSR count). The van der Waals surface area contributed by atoms with Gasteiger partial charge < -0.3 is 10.2 Å². The quantitative estimate of drug-likeness (QED) is 0.921. The number of halogens is 1. The van der Waals surface area contributed by atoms with Crippen molar-refractivity contribution in [2.75, 3.05) is 25.1 Å². The lowest BCUT2D eigenvalue weighted by atomic mass is 10.0. The van der Waals surface area contributed by atoms with E-state index in [1.54, 1.807) is 0 Å². The smallest absolute Gasteiger partial charge is 0.317 e. The lowest BCUT2D eigenvalue weighted by Crippen LogP contribution is -2.45. The molecule has 1 atom stereocenters. The summed E-state index contributed by atoms with van der Waals surface area (Å²) in [7, 11) is 0. The molecule has 5 heteroatoms. The zero-order chi connectivity index (χ0) is 14.4. The van der Waals surface area contributed by atoms with Crippen molar-refractivity contribution in [2.24, 2.45) is 5.92 Å². The second kappa shape index (κ2) is 7.79. The first-order valence-corrected chi connectivity index (χ1v) is 8.72. The van der Waals surface area contributed by atoms with Crippen LogP contribution in [-0.2, 0) is 6.54 Å².